The van der Waals surface area contributed by atoms with Crippen molar-refractivity contribution < 1.29 is 9.18 Å². The molecule has 0 bridgehead atoms. The molecule has 4 aromatic rings. The molecule has 0 aliphatic rings. The van der Waals surface area contributed by atoms with Gasteiger partial charge in [0.2, 0.25) is 0 Å². The first-order valence-corrected chi connectivity index (χ1v) is 10.5. The predicted octanol–water partition coefficient (Wildman–Crippen LogP) is 4.40. The van der Waals surface area contributed by atoms with E-state index in [4.69, 9.17) is 11.6 Å². The van der Waals surface area contributed by atoms with Crippen LogP contribution in [-0.4, -0.2) is 35.2 Å². The van der Waals surface area contributed by atoms with E-state index in [0.717, 1.165) is 4.47 Å². The average molecular weight is 558 g/mol. The maximum absolute atomic E-state index is 14.0. The summed E-state index contributed by atoms with van der Waals surface area (Å²) in [4.78, 5) is 12.5. The average Bonchev–Trinajstić information content (AvgIpc) is 3.40. The van der Waals surface area contributed by atoms with Crippen molar-refractivity contribution >= 4 is 55.2 Å². The van der Waals surface area contributed by atoms with Crippen molar-refractivity contribution in [1.29, 1.82) is 0 Å². The summed E-state index contributed by atoms with van der Waals surface area (Å²) in [6.45, 7) is 0.481. The summed E-state index contributed by atoms with van der Waals surface area (Å²) >= 11 is 12.8. The second kappa shape index (κ2) is 8.70. The lowest BCUT2D eigenvalue weighted by atomic mass is 10.2. The molecule has 154 valence electrons. The molecule has 1 amide bonds. The molecule has 0 aliphatic heterocycles. The number of halogens is 4. The Morgan fingerprint density at radius 3 is 2.70 bits per heavy atom. The van der Waals surface area contributed by atoms with Gasteiger partial charge in [-0.3, -0.25) is 14.2 Å². The maximum Gasteiger partial charge on any atom is 0.277 e. The van der Waals surface area contributed by atoms with Crippen LogP contribution in [0.3, 0.4) is 0 Å². The standard InChI is InChI=1S/C18H13Br2ClFN7O/c19-11-6-23-29(7-11)10-27-5-4-16(25-27)18(30)24-17-13(20)9-28(26-17)8-12-14(21)2-1-3-15(12)22/h1-7,9H,8,10H2,(H,24,26,30). The van der Waals surface area contributed by atoms with Crippen LogP contribution in [0.5, 0.6) is 0 Å². The van der Waals surface area contributed by atoms with Gasteiger partial charge >= 0.3 is 0 Å². The molecule has 1 N–H and O–H groups in total. The third kappa shape index (κ3) is 4.63. The van der Waals surface area contributed by atoms with Gasteiger partial charge < -0.3 is 5.32 Å². The SMILES string of the molecule is O=C(Nc1nn(Cc2c(F)cccc2Cl)cc1Br)c1ccn(Cn2cc(Br)cn2)n1. The van der Waals surface area contributed by atoms with Crippen molar-refractivity contribution in [3.8, 4) is 0 Å². The zero-order chi connectivity index (χ0) is 21.3. The number of rotatable bonds is 6. The summed E-state index contributed by atoms with van der Waals surface area (Å²) in [5.74, 6) is -0.558. The van der Waals surface area contributed by atoms with Crippen molar-refractivity contribution in [2.45, 2.75) is 13.2 Å². The number of nitrogens with one attached hydrogen (secondary N) is 1. The first-order chi connectivity index (χ1) is 14.4. The van der Waals surface area contributed by atoms with Gasteiger partial charge in [-0.05, 0) is 50.1 Å². The number of benzene rings is 1. The second-order valence-electron chi connectivity index (χ2n) is 6.26. The van der Waals surface area contributed by atoms with Crippen LogP contribution in [0.2, 0.25) is 5.02 Å². The highest BCUT2D eigenvalue weighted by molar-refractivity contribution is 9.10. The fourth-order valence-corrected chi connectivity index (χ4v) is 3.67. The molecule has 8 nitrogen and oxygen atoms in total. The number of carbonyl (C=O) groups excluding carboxylic acids is 1. The van der Waals surface area contributed by atoms with Gasteiger partial charge in [-0.1, -0.05) is 17.7 Å². The fraction of sp³-hybridized carbons (Fsp3) is 0.111. The van der Waals surface area contributed by atoms with Crippen LogP contribution in [0.25, 0.3) is 0 Å². The molecule has 0 saturated carbocycles. The smallest absolute Gasteiger partial charge is 0.277 e. The molecule has 30 heavy (non-hydrogen) atoms. The molecule has 0 radical (unpaired) electrons. The monoisotopic (exact) mass is 555 g/mol. The van der Waals surface area contributed by atoms with Gasteiger partial charge in [-0.2, -0.15) is 15.3 Å². The minimum absolute atomic E-state index is 0.119. The van der Waals surface area contributed by atoms with E-state index in [9.17, 15) is 9.18 Å². The van der Waals surface area contributed by atoms with Crippen molar-refractivity contribution in [2.75, 3.05) is 5.32 Å². The maximum atomic E-state index is 14.0. The van der Waals surface area contributed by atoms with E-state index >= 15 is 0 Å². The van der Waals surface area contributed by atoms with E-state index in [1.54, 1.807) is 46.3 Å². The van der Waals surface area contributed by atoms with E-state index in [2.05, 4.69) is 52.5 Å². The van der Waals surface area contributed by atoms with E-state index < -0.39 is 11.7 Å². The molecule has 12 heteroatoms. The van der Waals surface area contributed by atoms with E-state index in [1.165, 1.54) is 16.8 Å². The fourth-order valence-electron chi connectivity index (χ4n) is 2.71. The molecule has 0 spiro atoms. The number of amides is 1. The molecule has 1 aromatic carbocycles. The molecule has 0 fully saturated rings. The molecule has 0 unspecified atom stereocenters. The zero-order valence-electron chi connectivity index (χ0n) is 15.1. The highest BCUT2D eigenvalue weighted by Gasteiger charge is 2.16. The van der Waals surface area contributed by atoms with Crippen LogP contribution in [0, 0.1) is 5.82 Å². The Morgan fingerprint density at radius 2 is 1.97 bits per heavy atom. The van der Waals surface area contributed by atoms with Crippen LogP contribution in [-0.2, 0) is 13.2 Å². The number of hydrogen-bond donors (Lipinski definition) is 1. The molecule has 3 heterocycles. The Balaban J connectivity index is 1.45. The van der Waals surface area contributed by atoms with Gasteiger partial charge in [0.25, 0.3) is 5.91 Å². The Kier molecular flexibility index (Phi) is 6.02. The number of carbonyl (C=O) groups is 1. The topological polar surface area (TPSA) is 82.6 Å². The van der Waals surface area contributed by atoms with Gasteiger partial charge in [0.1, 0.15) is 12.5 Å². The van der Waals surface area contributed by atoms with Gasteiger partial charge in [0.15, 0.2) is 11.5 Å². The van der Waals surface area contributed by atoms with E-state index in [1.807, 2.05) is 0 Å². The van der Waals surface area contributed by atoms with Crippen LogP contribution in [0.1, 0.15) is 16.1 Å². The molecule has 0 atom stereocenters. The normalized spacial score (nSPS) is 11.1. The lowest BCUT2D eigenvalue weighted by molar-refractivity contribution is 0.102. The zero-order valence-corrected chi connectivity index (χ0v) is 19.1. The van der Waals surface area contributed by atoms with Gasteiger partial charge in [-0.25, -0.2) is 9.07 Å². The molecule has 0 saturated heterocycles. The van der Waals surface area contributed by atoms with Crippen LogP contribution >= 0.6 is 43.5 Å². The summed E-state index contributed by atoms with van der Waals surface area (Å²) in [5, 5.41) is 15.7. The van der Waals surface area contributed by atoms with Crippen LogP contribution < -0.4 is 5.32 Å². The Hall–Kier alpha value is -2.50. The molecule has 3 aromatic heterocycles. The lowest BCUT2D eigenvalue weighted by Crippen LogP contribution is -2.15. The molecular formula is C18H13Br2ClFN7O. The molecule has 4 rings (SSSR count). The number of anilines is 1. The molecular weight excluding hydrogens is 545 g/mol. The summed E-state index contributed by atoms with van der Waals surface area (Å²) in [5.41, 5.74) is 0.538. The summed E-state index contributed by atoms with van der Waals surface area (Å²) in [6.07, 6.45) is 6.78. The van der Waals surface area contributed by atoms with E-state index in [-0.39, 0.29) is 18.1 Å². The number of aromatic nitrogens is 6. The Bertz CT molecular complexity index is 1200. The third-order valence-electron chi connectivity index (χ3n) is 4.10. The van der Waals surface area contributed by atoms with Crippen molar-refractivity contribution in [1.82, 2.24) is 29.3 Å². The summed E-state index contributed by atoms with van der Waals surface area (Å²) in [6, 6.07) is 6.08. The second-order valence-corrected chi connectivity index (χ2v) is 8.43. The molecule has 0 aliphatic carbocycles. The van der Waals surface area contributed by atoms with Gasteiger partial charge in [0.05, 0.1) is 21.7 Å². The minimum atomic E-state index is -0.426. The first kappa shape index (κ1) is 20.8. The van der Waals surface area contributed by atoms with Gasteiger partial charge in [-0.15, -0.1) is 0 Å². The quantitative estimate of drug-likeness (QED) is 0.381. The third-order valence-corrected chi connectivity index (χ3v) is 5.44. The van der Waals surface area contributed by atoms with Crippen molar-refractivity contribution in [2.24, 2.45) is 0 Å². The summed E-state index contributed by atoms with van der Waals surface area (Å²) < 4.78 is 20.1. The van der Waals surface area contributed by atoms with Crippen molar-refractivity contribution in [3.63, 3.8) is 0 Å². The summed E-state index contributed by atoms with van der Waals surface area (Å²) in [7, 11) is 0. The number of nitrogens with zero attached hydrogens (tertiary/aromatic N) is 6. The largest absolute Gasteiger partial charge is 0.303 e. The highest BCUT2D eigenvalue weighted by Crippen LogP contribution is 2.24. The van der Waals surface area contributed by atoms with Crippen LogP contribution in [0.15, 0.2) is 58.0 Å². The minimum Gasteiger partial charge on any atom is -0.303 e. The van der Waals surface area contributed by atoms with E-state index in [0.29, 0.717) is 21.7 Å². The lowest BCUT2D eigenvalue weighted by Gasteiger charge is -2.06. The van der Waals surface area contributed by atoms with Crippen molar-refractivity contribution in [3.05, 3.63) is 80.1 Å². The van der Waals surface area contributed by atoms with Gasteiger partial charge in [0, 0.05) is 29.2 Å². The Morgan fingerprint density at radius 1 is 1.13 bits per heavy atom. The highest BCUT2D eigenvalue weighted by atomic mass is 79.9. The van der Waals surface area contributed by atoms with Crippen LogP contribution in [0.4, 0.5) is 10.2 Å². The number of hydrogen-bond acceptors (Lipinski definition) is 4. The first-order valence-electron chi connectivity index (χ1n) is 8.57. The predicted molar refractivity (Wildman–Crippen MR) is 116 cm³/mol. The Labute approximate surface area is 191 Å².